The third-order valence-electron chi connectivity index (χ3n) is 4.35. The lowest BCUT2D eigenvalue weighted by atomic mass is 9.96. The van der Waals surface area contributed by atoms with Gasteiger partial charge in [-0.25, -0.2) is 0 Å². The molecular weight excluding hydrogens is 354 g/mol. The van der Waals surface area contributed by atoms with Crippen LogP contribution in [0.25, 0.3) is 11.1 Å². The SMILES string of the molecule is O=C1NC(=O)C(c2cccc(NC(=O)c3ccncc3)c2)=C1c1ccccc1. The average Bonchev–Trinajstić information content (AvgIpc) is 3.03. The van der Waals surface area contributed by atoms with Gasteiger partial charge in [0.15, 0.2) is 0 Å². The maximum absolute atomic E-state index is 12.4. The molecule has 0 aliphatic carbocycles. The van der Waals surface area contributed by atoms with Gasteiger partial charge in [0, 0.05) is 23.6 Å². The number of anilines is 1. The number of aromatic nitrogens is 1. The molecule has 2 aromatic carbocycles. The van der Waals surface area contributed by atoms with Crippen molar-refractivity contribution in [3.05, 3.63) is 95.8 Å². The second-order valence-corrected chi connectivity index (χ2v) is 6.17. The molecule has 4 rings (SSSR count). The van der Waals surface area contributed by atoms with E-state index in [1.165, 1.54) is 12.4 Å². The van der Waals surface area contributed by atoms with Crippen molar-refractivity contribution >= 4 is 34.6 Å². The van der Waals surface area contributed by atoms with Crippen LogP contribution in [-0.2, 0) is 9.59 Å². The molecule has 0 unspecified atom stereocenters. The molecule has 6 nitrogen and oxygen atoms in total. The minimum atomic E-state index is -0.457. The lowest BCUT2D eigenvalue weighted by molar-refractivity contribution is -0.122. The highest BCUT2D eigenvalue weighted by atomic mass is 16.2. The Morgan fingerprint density at radius 1 is 0.786 bits per heavy atom. The van der Waals surface area contributed by atoms with Gasteiger partial charge in [0.2, 0.25) is 0 Å². The van der Waals surface area contributed by atoms with E-state index in [1.54, 1.807) is 60.7 Å². The molecule has 0 fully saturated rings. The van der Waals surface area contributed by atoms with Crippen molar-refractivity contribution in [1.29, 1.82) is 0 Å². The first-order chi connectivity index (χ1) is 13.6. The number of carbonyl (C=O) groups excluding carboxylic acids is 3. The van der Waals surface area contributed by atoms with E-state index >= 15 is 0 Å². The third-order valence-corrected chi connectivity index (χ3v) is 4.35. The normalized spacial score (nSPS) is 13.4. The summed E-state index contributed by atoms with van der Waals surface area (Å²) in [5.74, 6) is -1.18. The van der Waals surface area contributed by atoms with Crippen molar-refractivity contribution in [2.75, 3.05) is 5.32 Å². The van der Waals surface area contributed by atoms with E-state index in [9.17, 15) is 14.4 Å². The molecule has 0 saturated heterocycles. The number of hydrogen-bond acceptors (Lipinski definition) is 4. The van der Waals surface area contributed by atoms with E-state index in [2.05, 4.69) is 15.6 Å². The predicted octanol–water partition coefficient (Wildman–Crippen LogP) is 2.90. The summed E-state index contributed by atoms with van der Waals surface area (Å²) in [7, 11) is 0. The Morgan fingerprint density at radius 2 is 1.43 bits per heavy atom. The molecule has 0 spiro atoms. The van der Waals surface area contributed by atoms with Gasteiger partial charge in [-0.3, -0.25) is 24.7 Å². The Balaban J connectivity index is 1.72. The molecule has 6 heteroatoms. The van der Waals surface area contributed by atoms with Gasteiger partial charge in [-0.15, -0.1) is 0 Å². The minimum Gasteiger partial charge on any atom is -0.322 e. The van der Waals surface area contributed by atoms with Crippen LogP contribution in [0.4, 0.5) is 5.69 Å². The van der Waals surface area contributed by atoms with E-state index in [-0.39, 0.29) is 11.5 Å². The summed E-state index contributed by atoms with van der Waals surface area (Å²) in [6, 6.07) is 19.1. The van der Waals surface area contributed by atoms with Gasteiger partial charge in [0.05, 0.1) is 11.1 Å². The molecule has 3 aromatic rings. The predicted molar refractivity (Wildman–Crippen MR) is 105 cm³/mol. The molecule has 3 amide bonds. The van der Waals surface area contributed by atoms with Crippen molar-refractivity contribution in [2.45, 2.75) is 0 Å². The molecule has 0 bridgehead atoms. The highest BCUT2D eigenvalue weighted by Crippen LogP contribution is 2.32. The maximum Gasteiger partial charge on any atom is 0.259 e. The van der Waals surface area contributed by atoms with Crippen LogP contribution in [0, 0.1) is 0 Å². The van der Waals surface area contributed by atoms with Gasteiger partial charge in [0.25, 0.3) is 17.7 Å². The van der Waals surface area contributed by atoms with Crippen LogP contribution in [0.5, 0.6) is 0 Å². The number of nitrogens with zero attached hydrogens (tertiary/aromatic N) is 1. The van der Waals surface area contributed by atoms with E-state index < -0.39 is 11.8 Å². The third kappa shape index (κ3) is 3.31. The van der Waals surface area contributed by atoms with Gasteiger partial charge in [-0.1, -0.05) is 42.5 Å². The first-order valence-electron chi connectivity index (χ1n) is 8.60. The van der Waals surface area contributed by atoms with Crippen LogP contribution in [0.3, 0.4) is 0 Å². The summed E-state index contributed by atoms with van der Waals surface area (Å²) in [4.78, 5) is 41.0. The molecule has 0 saturated carbocycles. The van der Waals surface area contributed by atoms with E-state index in [0.717, 1.165) is 0 Å². The lowest BCUT2D eigenvalue weighted by Gasteiger charge is -2.09. The van der Waals surface area contributed by atoms with E-state index in [4.69, 9.17) is 0 Å². The standard InChI is InChI=1S/C22H15N3O3/c26-20(15-9-11-23-12-10-15)24-17-8-4-7-16(13-17)19-18(21(27)25-22(19)28)14-5-2-1-3-6-14/h1-13H,(H,24,26)(H,25,27,28). The summed E-state index contributed by atoms with van der Waals surface area (Å²) in [5.41, 5.74) is 2.81. The molecule has 2 N–H and O–H groups in total. The zero-order valence-electron chi connectivity index (χ0n) is 14.7. The lowest BCUT2D eigenvalue weighted by Crippen LogP contribution is -2.22. The minimum absolute atomic E-state index is 0.288. The topological polar surface area (TPSA) is 88.2 Å². The first-order valence-corrected chi connectivity index (χ1v) is 8.60. The van der Waals surface area contributed by atoms with Crippen LogP contribution in [0.2, 0.25) is 0 Å². The number of nitrogens with one attached hydrogen (secondary N) is 2. The van der Waals surface area contributed by atoms with Gasteiger partial charge >= 0.3 is 0 Å². The molecule has 0 atom stereocenters. The number of imide groups is 1. The van der Waals surface area contributed by atoms with Gasteiger partial charge in [0.1, 0.15) is 0 Å². The molecule has 1 aliphatic rings. The highest BCUT2D eigenvalue weighted by Gasteiger charge is 2.32. The van der Waals surface area contributed by atoms with Crippen LogP contribution < -0.4 is 10.6 Å². The number of benzene rings is 2. The highest BCUT2D eigenvalue weighted by molar-refractivity contribution is 6.49. The summed E-state index contributed by atoms with van der Waals surface area (Å²) in [5, 5.41) is 5.15. The fourth-order valence-electron chi connectivity index (χ4n) is 3.07. The van der Waals surface area contributed by atoms with Crippen LogP contribution in [0.15, 0.2) is 79.1 Å². The molecule has 1 aliphatic heterocycles. The zero-order valence-corrected chi connectivity index (χ0v) is 14.7. The molecule has 1 aromatic heterocycles. The largest absolute Gasteiger partial charge is 0.322 e. The zero-order chi connectivity index (χ0) is 19.5. The summed E-state index contributed by atoms with van der Waals surface area (Å²) < 4.78 is 0. The summed E-state index contributed by atoms with van der Waals surface area (Å²) in [6.07, 6.45) is 3.08. The molecule has 0 radical (unpaired) electrons. The molecule has 136 valence electrons. The Kier molecular flexibility index (Phi) is 4.51. The van der Waals surface area contributed by atoms with Crippen molar-refractivity contribution in [2.24, 2.45) is 0 Å². The first kappa shape index (κ1) is 17.4. The summed E-state index contributed by atoms with van der Waals surface area (Å²) in [6.45, 7) is 0. The Morgan fingerprint density at radius 3 is 2.14 bits per heavy atom. The molecule has 28 heavy (non-hydrogen) atoms. The van der Waals surface area contributed by atoms with Crippen molar-refractivity contribution < 1.29 is 14.4 Å². The maximum atomic E-state index is 12.4. The van der Waals surface area contributed by atoms with Gasteiger partial charge < -0.3 is 5.32 Å². The van der Waals surface area contributed by atoms with E-state index in [1.807, 2.05) is 6.07 Å². The Bertz CT molecular complexity index is 1110. The van der Waals surface area contributed by atoms with E-state index in [0.29, 0.717) is 28.0 Å². The fraction of sp³-hybridized carbons (Fsp3) is 0. The fourth-order valence-corrected chi connectivity index (χ4v) is 3.07. The number of hydrogen-bond donors (Lipinski definition) is 2. The van der Waals surface area contributed by atoms with Gasteiger partial charge in [-0.05, 0) is 35.4 Å². The monoisotopic (exact) mass is 369 g/mol. The number of rotatable bonds is 4. The number of pyridine rings is 1. The average molecular weight is 369 g/mol. The van der Waals surface area contributed by atoms with Crippen molar-refractivity contribution in [3.63, 3.8) is 0 Å². The molecule has 2 heterocycles. The second-order valence-electron chi connectivity index (χ2n) is 6.17. The van der Waals surface area contributed by atoms with Crippen molar-refractivity contribution in [1.82, 2.24) is 10.3 Å². The smallest absolute Gasteiger partial charge is 0.259 e. The van der Waals surface area contributed by atoms with Crippen molar-refractivity contribution in [3.8, 4) is 0 Å². The number of amides is 3. The van der Waals surface area contributed by atoms with Gasteiger partial charge in [-0.2, -0.15) is 0 Å². The quantitative estimate of drug-likeness (QED) is 0.692. The molecular formula is C22H15N3O3. The van der Waals surface area contributed by atoms with Crippen LogP contribution in [0.1, 0.15) is 21.5 Å². The Hall–Kier alpha value is -4.06. The second kappa shape index (κ2) is 7.28. The van der Waals surface area contributed by atoms with Crippen LogP contribution in [-0.4, -0.2) is 22.7 Å². The van der Waals surface area contributed by atoms with Crippen LogP contribution >= 0.6 is 0 Å². The number of carbonyl (C=O) groups is 3. The Labute approximate surface area is 160 Å². The summed E-state index contributed by atoms with van der Waals surface area (Å²) >= 11 is 0.